The maximum absolute atomic E-state index is 12.2. The van der Waals surface area contributed by atoms with Crippen LogP contribution in [0.15, 0.2) is 24.3 Å². The average molecular weight is 312 g/mol. The molecule has 2 rings (SSSR count). The number of hydrogen-bond acceptors (Lipinski definition) is 5. The predicted molar refractivity (Wildman–Crippen MR) is 80.6 cm³/mol. The minimum Gasteiger partial charge on any atom is -0.377 e. The van der Waals surface area contributed by atoms with Gasteiger partial charge >= 0.3 is 0 Å². The number of carbonyl (C=O) groups excluding carboxylic acids is 1. The van der Waals surface area contributed by atoms with Gasteiger partial charge in [0.1, 0.15) is 5.75 Å². The molecular weight excluding hydrogens is 292 g/mol. The van der Waals surface area contributed by atoms with Crippen molar-refractivity contribution in [3.8, 4) is 0 Å². The first-order valence-electron chi connectivity index (χ1n) is 6.85. The number of sulfone groups is 1. The molecule has 7 heteroatoms. The molecule has 1 heterocycles. The van der Waals surface area contributed by atoms with Gasteiger partial charge in [-0.2, -0.15) is 0 Å². The molecule has 1 aromatic carbocycles. The second kappa shape index (κ2) is 6.55. The third kappa shape index (κ3) is 3.81. The first kappa shape index (κ1) is 15.9. The zero-order valence-corrected chi connectivity index (χ0v) is 12.7. The van der Waals surface area contributed by atoms with Crippen LogP contribution in [0.1, 0.15) is 18.9 Å². The normalized spacial score (nSPS) is 22.2. The van der Waals surface area contributed by atoms with Crippen molar-refractivity contribution in [2.24, 2.45) is 5.73 Å². The minimum absolute atomic E-state index is 0.275. The van der Waals surface area contributed by atoms with Crippen LogP contribution in [-0.4, -0.2) is 38.0 Å². The molecule has 2 unspecified atom stereocenters. The van der Waals surface area contributed by atoms with Crippen molar-refractivity contribution in [3.63, 3.8) is 0 Å². The molecule has 1 aliphatic heterocycles. The lowest BCUT2D eigenvalue weighted by Gasteiger charge is -2.15. The van der Waals surface area contributed by atoms with Crippen molar-refractivity contribution >= 4 is 21.4 Å². The van der Waals surface area contributed by atoms with Crippen molar-refractivity contribution in [2.45, 2.75) is 31.2 Å². The Hall–Kier alpha value is -1.44. The van der Waals surface area contributed by atoms with E-state index in [2.05, 4.69) is 5.32 Å². The fourth-order valence-corrected chi connectivity index (χ4v) is 4.25. The SMILES string of the molecule is CC1OCCC1S(=O)(=O)CC(=O)Nc1ccccc1CN. The highest BCUT2D eigenvalue weighted by atomic mass is 32.2. The van der Waals surface area contributed by atoms with Gasteiger partial charge in [0.25, 0.3) is 0 Å². The Morgan fingerprint density at radius 1 is 1.43 bits per heavy atom. The van der Waals surface area contributed by atoms with Crippen LogP contribution in [0.5, 0.6) is 0 Å². The molecule has 21 heavy (non-hydrogen) atoms. The van der Waals surface area contributed by atoms with Crippen LogP contribution >= 0.6 is 0 Å². The summed E-state index contributed by atoms with van der Waals surface area (Å²) < 4.78 is 29.7. The predicted octanol–water partition coefficient (Wildman–Crippen LogP) is 0.676. The van der Waals surface area contributed by atoms with Crippen molar-refractivity contribution in [2.75, 3.05) is 17.7 Å². The Labute approximate surface area is 124 Å². The highest BCUT2D eigenvalue weighted by molar-refractivity contribution is 7.92. The summed E-state index contributed by atoms with van der Waals surface area (Å²) in [6, 6.07) is 7.06. The average Bonchev–Trinajstić information content (AvgIpc) is 2.86. The Morgan fingerprint density at radius 2 is 2.14 bits per heavy atom. The van der Waals surface area contributed by atoms with Crippen molar-refractivity contribution < 1.29 is 17.9 Å². The monoisotopic (exact) mass is 312 g/mol. The van der Waals surface area contributed by atoms with Gasteiger partial charge < -0.3 is 15.8 Å². The number of benzene rings is 1. The zero-order valence-electron chi connectivity index (χ0n) is 11.9. The van der Waals surface area contributed by atoms with Gasteiger partial charge in [-0.25, -0.2) is 8.42 Å². The molecule has 1 aromatic rings. The fourth-order valence-electron chi connectivity index (χ4n) is 2.48. The van der Waals surface area contributed by atoms with Crippen LogP contribution in [0.3, 0.4) is 0 Å². The molecular formula is C14H20N2O4S. The Balaban J connectivity index is 2.04. The van der Waals surface area contributed by atoms with Crippen LogP contribution in [0.4, 0.5) is 5.69 Å². The van der Waals surface area contributed by atoms with Crippen LogP contribution in [0.2, 0.25) is 0 Å². The van der Waals surface area contributed by atoms with E-state index < -0.39 is 26.7 Å². The van der Waals surface area contributed by atoms with Crippen molar-refractivity contribution in [3.05, 3.63) is 29.8 Å². The molecule has 0 aromatic heterocycles. The summed E-state index contributed by atoms with van der Waals surface area (Å²) in [5.74, 6) is -1.08. The fraction of sp³-hybridized carbons (Fsp3) is 0.500. The molecule has 2 atom stereocenters. The molecule has 1 fully saturated rings. The quantitative estimate of drug-likeness (QED) is 0.833. The maximum Gasteiger partial charge on any atom is 0.239 e. The van der Waals surface area contributed by atoms with E-state index in [-0.39, 0.29) is 12.6 Å². The number of ether oxygens (including phenoxy) is 1. The first-order chi connectivity index (χ1) is 9.94. The van der Waals surface area contributed by atoms with Gasteiger partial charge in [0, 0.05) is 18.8 Å². The van der Waals surface area contributed by atoms with Crippen molar-refractivity contribution in [1.82, 2.24) is 0 Å². The second-order valence-electron chi connectivity index (χ2n) is 5.12. The Kier molecular flexibility index (Phi) is 4.97. The summed E-state index contributed by atoms with van der Waals surface area (Å²) in [6.45, 7) is 2.41. The zero-order chi connectivity index (χ0) is 15.5. The summed E-state index contributed by atoms with van der Waals surface area (Å²) in [4.78, 5) is 12.0. The smallest absolute Gasteiger partial charge is 0.239 e. The highest BCUT2D eigenvalue weighted by Crippen LogP contribution is 2.22. The molecule has 116 valence electrons. The van der Waals surface area contributed by atoms with E-state index in [0.29, 0.717) is 18.7 Å². The Bertz CT molecular complexity index is 615. The number of amides is 1. The molecule has 0 aliphatic carbocycles. The number of rotatable bonds is 5. The molecule has 1 saturated heterocycles. The molecule has 1 amide bonds. The van der Waals surface area contributed by atoms with Gasteiger partial charge in [0.15, 0.2) is 9.84 Å². The summed E-state index contributed by atoms with van der Waals surface area (Å²) in [5.41, 5.74) is 6.90. The molecule has 0 radical (unpaired) electrons. The van der Waals surface area contributed by atoms with Crippen LogP contribution in [-0.2, 0) is 25.9 Å². The molecule has 3 N–H and O–H groups in total. The van der Waals surface area contributed by atoms with Crippen LogP contribution in [0.25, 0.3) is 0 Å². The first-order valence-corrected chi connectivity index (χ1v) is 8.56. The lowest BCUT2D eigenvalue weighted by atomic mass is 10.2. The number of anilines is 1. The van der Waals surface area contributed by atoms with Gasteiger partial charge in [0.2, 0.25) is 5.91 Å². The number of hydrogen-bond donors (Lipinski definition) is 2. The summed E-state index contributed by atoms with van der Waals surface area (Å²) in [5, 5.41) is 2.01. The largest absolute Gasteiger partial charge is 0.377 e. The van der Waals surface area contributed by atoms with Crippen LogP contribution < -0.4 is 11.1 Å². The lowest BCUT2D eigenvalue weighted by molar-refractivity contribution is -0.113. The summed E-state index contributed by atoms with van der Waals surface area (Å²) >= 11 is 0. The van der Waals surface area contributed by atoms with Gasteiger partial charge in [-0.3, -0.25) is 4.79 Å². The molecule has 0 saturated carbocycles. The van der Waals surface area contributed by atoms with E-state index in [0.717, 1.165) is 5.56 Å². The Morgan fingerprint density at radius 3 is 2.76 bits per heavy atom. The van der Waals surface area contributed by atoms with E-state index in [1.165, 1.54) is 0 Å². The topological polar surface area (TPSA) is 98.5 Å². The van der Waals surface area contributed by atoms with E-state index in [1.807, 2.05) is 6.07 Å². The van der Waals surface area contributed by atoms with Gasteiger partial charge in [-0.15, -0.1) is 0 Å². The minimum atomic E-state index is -3.52. The van der Waals surface area contributed by atoms with Gasteiger partial charge in [-0.1, -0.05) is 18.2 Å². The third-order valence-corrected chi connectivity index (χ3v) is 5.82. The highest BCUT2D eigenvalue weighted by Gasteiger charge is 2.36. The van der Waals surface area contributed by atoms with Gasteiger partial charge in [0.05, 0.1) is 11.4 Å². The van der Waals surface area contributed by atoms with Gasteiger partial charge in [-0.05, 0) is 25.0 Å². The molecule has 0 spiro atoms. The maximum atomic E-state index is 12.2. The molecule has 6 nitrogen and oxygen atoms in total. The summed E-state index contributed by atoms with van der Waals surface area (Å²) in [7, 11) is -3.52. The van der Waals surface area contributed by atoms with E-state index in [1.54, 1.807) is 25.1 Å². The van der Waals surface area contributed by atoms with Crippen LogP contribution in [0, 0.1) is 0 Å². The van der Waals surface area contributed by atoms with E-state index >= 15 is 0 Å². The van der Waals surface area contributed by atoms with E-state index in [4.69, 9.17) is 10.5 Å². The number of nitrogens with two attached hydrogens (primary N) is 1. The standard InChI is InChI=1S/C14H20N2O4S/c1-10-13(6-7-20-10)21(18,19)9-14(17)16-12-5-3-2-4-11(12)8-15/h2-5,10,13H,6-9,15H2,1H3,(H,16,17). The lowest BCUT2D eigenvalue weighted by Crippen LogP contribution is -2.34. The molecule has 0 bridgehead atoms. The summed E-state index contributed by atoms with van der Waals surface area (Å²) in [6.07, 6.45) is 0.0787. The third-order valence-electron chi connectivity index (χ3n) is 3.61. The number of nitrogens with one attached hydrogen (secondary N) is 1. The second-order valence-corrected chi connectivity index (χ2v) is 7.34. The number of carbonyl (C=O) groups is 1. The van der Waals surface area contributed by atoms with E-state index in [9.17, 15) is 13.2 Å². The molecule has 1 aliphatic rings. The number of para-hydroxylation sites is 1. The van der Waals surface area contributed by atoms with Crippen molar-refractivity contribution in [1.29, 1.82) is 0 Å².